The fourth-order valence-corrected chi connectivity index (χ4v) is 1.47. The van der Waals surface area contributed by atoms with Crippen LogP contribution in [-0.4, -0.2) is 24.7 Å². The lowest BCUT2D eigenvalue weighted by Crippen LogP contribution is -2.07. The van der Waals surface area contributed by atoms with Crippen LogP contribution in [0.15, 0.2) is 18.2 Å². The zero-order valence-corrected chi connectivity index (χ0v) is 10.5. The number of nitrogens with two attached hydrogens (primary N) is 1. The third kappa shape index (κ3) is 4.58. The molecule has 0 aliphatic heterocycles. The molecule has 0 bridgehead atoms. The molecule has 0 heterocycles. The van der Waals surface area contributed by atoms with Crippen molar-refractivity contribution in [3.63, 3.8) is 0 Å². The van der Waals surface area contributed by atoms with Crippen LogP contribution in [0.1, 0.15) is 19.8 Å². The predicted octanol–water partition coefficient (Wildman–Crippen LogP) is 2.41. The number of nitro benzene ring substituents is 1. The van der Waals surface area contributed by atoms with Crippen molar-refractivity contribution in [3.05, 3.63) is 28.3 Å². The number of nitrogens with zero attached hydrogens (tertiary/aromatic N) is 1. The number of hydrogen-bond acceptors (Lipinski definition) is 5. The third-order valence-corrected chi connectivity index (χ3v) is 2.38. The Bertz CT molecular complexity index is 396. The van der Waals surface area contributed by atoms with Crippen LogP contribution in [0.4, 0.5) is 17.1 Å². The number of rotatable bonds is 8. The van der Waals surface area contributed by atoms with E-state index in [4.69, 9.17) is 10.5 Å². The van der Waals surface area contributed by atoms with E-state index < -0.39 is 4.92 Å². The number of non-ortho nitro benzene ring substituents is 1. The maximum absolute atomic E-state index is 10.5. The highest BCUT2D eigenvalue weighted by Crippen LogP contribution is 2.23. The van der Waals surface area contributed by atoms with Gasteiger partial charge in [0.25, 0.3) is 5.69 Å². The normalized spacial score (nSPS) is 10.3. The van der Waals surface area contributed by atoms with E-state index in [0.29, 0.717) is 12.3 Å². The van der Waals surface area contributed by atoms with Gasteiger partial charge in [-0.05, 0) is 18.9 Å². The maximum Gasteiger partial charge on any atom is 0.271 e. The molecule has 0 amide bonds. The summed E-state index contributed by atoms with van der Waals surface area (Å²) in [6, 6.07) is 4.42. The molecule has 6 nitrogen and oxygen atoms in total. The van der Waals surface area contributed by atoms with E-state index in [0.717, 1.165) is 31.7 Å². The molecule has 1 aromatic rings. The molecule has 0 saturated carbocycles. The zero-order valence-electron chi connectivity index (χ0n) is 10.5. The minimum atomic E-state index is -0.460. The molecule has 0 radical (unpaired) electrons. The first-order chi connectivity index (χ1) is 8.65. The number of benzene rings is 1. The van der Waals surface area contributed by atoms with Gasteiger partial charge in [-0.25, -0.2) is 0 Å². The Morgan fingerprint density at radius 3 is 2.83 bits per heavy atom. The summed E-state index contributed by atoms with van der Waals surface area (Å²) in [6.45, 7) is 4.27. The van der Waals surface area contributed by atoms with E-state index in [2.05, 4.69) is 12.2 Å². The Kier molecular flexibility index (Phi) is 5.93. The van der Waals surface area contributed by atoms with Crippen molar-refractivity contribution < 1.29 is 9.66 Å². The van der Waals surface area contributed by atoms with Crippen LogP contribution in [-0.2, 0) is 4.74 Å². The number of hydrogen-bond donors (Lipinski definition) is 2. The van der Waals surface area contributed by atoms with Crippen molar-refractivity contribution in [1.29, 1.82) is 0 Å². The van der Waals surface area contributed by atoms with Crippen LogP contribution in [0.25, 0.3) is 0 Å². The Balaban J connectivity index is 2.36. The van der Waals surface area contributed by atoms with Crippen LogP contribution in [0.5, 0.6) is 0 Å². The van der Waals surface area contributed by atoms with E-state index in [-0.39, 0.29) is 5.69 Å². The van der Waals surface area contributed by atoms with Crippen molar-refractivity contribution >= 4 is 17.1 Å². The first kappa shape index (κ1) is 14.2. The van der Waals surface area contributed by atoms with Gasteiger partial charge in [-0.15, -0.1) is 0 Å². The molecule has 100 valence electrons. The second-order valence-electron chi connectivity index (χ2n) is 3.92. The summed E-state index contributed by atoms with van der Waals surface area (Å²) in [5.74, 6) is 0. The van der Waals surface area contributed by atoms with Crippen molar-refractivity contribution in [2.75, 3.05) is 30.8 Å². The highest BCUT2D eigenvalue weighted by atomic mass is 16.6. The molecule has 3 N–H and O–H groups in total. The van der Waals surface area contributed by atoms with Gasteiger partial charge in [-0.2, -0.15) is 0 Å². The fraction of sp³-hybridized carbons (Fsp3) is 0.500. The molecule has 0 spiro atoms. The number of anilines is 2. The van der Waals surface area contributed by atoms with Crippen LogP contribution < -0.4 is 11.1 Å². The summed E-state index contributed by atoms with van der Waals surface area (Å²) in [6.07, 6.45) is 1.89. The average molecular weight is 253 g/mol. The van der Waals surface area contributed by atoms with Gasteiger partial charge in [-0.1, -0.05) is 6.92 Å². The smallest absolute Gasteiger partial charge is 0.271 e. The van der Waals surface area contributed by atoms with Crippen molar-refractivity contribution in [2.45, 2.75) is 19.8 Å². The summed E-state index contributed by atoms with van der Waals surface area (Å²) in [5.41, 5.74) is 6.83. The topological polar surface area (TPSA) is 90.4 Å². The average Bonchev–Trinajstić information content (AvgIpc) is 2.35. The van der Waals surface area contributed by atoms with E-state index in [1.165, 1.54) is 12.1 Å². The second-order valence-corrected chi connectivity index (χ2v) is 3.92. The molecule has 0 aromatic heterocycles. The molecule has 0 aliphatic carbocycles. The van der Waals surface area contributed by atoms with Crippen LogP contribution in [0.2, 0.25) is 0 Å². The van der Waals surface area contributed by atoms with Crippen molar-refractivity contribution in [1.82, 2.24) is 0 Å². The van der Waals surface area contributed by atoms with Gasteiger partial charge in [0.05, 0.1) is 16.3 Å². The van der Waals surface area contributed by atoms with Gasteiger partial charge < -0.3 is 15.8 Å². The lowest BCUT2D eigenvalue weighted by molar-refractivity contribution is -0.384. The molecular formula is C12H19N3O3. The molecule has 0 fully saturated rings. The summed E-state index contributed by atoms with van der Waals surface area (Å²) in [5, 5.41) is 13.7. The molecule has 1 rings (SSSR count). The first-order valence-electron chi connectivity index (χ1n) is 6.00. The molecule has 0 atom stereocenters. The van der Waals surface area contributed by atoms with E-state index >= 15 is 0 Å². The van der Waals surface area contributed by atoms with Crippen molar-refractivity contribution in [3.8, 4) is 0 Å². The first-order valence-corrected chi connectivity index (χ1v) is 6.00. The monoisotopic (exact) mass is 253 g/mol. The molecular weight excluding hydrogens is 234 g/mol. The van der Waals surface area contributed by atoms with Gasteiger partial charge >= 0.3 is 0 Å². The Hall–Kier alpha value is -1.82. The summed E-state index contributed by atoms with van der Waals surface area (Å²) < 4.78 is 5.34. The third-order valence-electron chi connectivity index (χ3n) is 2.38. The molecule has 0 saturated heterocycles. The fourth-order valence-electron chi connectivity index (χ4n) is 1.47. The van der Waals surface area contributed by atoms with Crippen LogP contribution in [0.3, 0.4) is 0 Å². The Labute approximate surface area is 106 Å². The molecule has 18 heavy (non-hydrogen) atoms. The summed E-state index contributed by atoms with van der Waals surface area (Å²) >= 11 is 0. The number of nitrogen functional groups attached to an aromatic ring is 1. The molecule has 1 aromatic carbocycles. The quantitative estimate of drug-likeness (QED) is 0.321. The van der Waals surface area contributed by atoms with E-state index in [1.807, 2.05) is 0 Å². The van der Waals surface area contributed by atoms with E-state index in [9.17, 15) is 10.1 Å². The zero-order chi connectivity index (χ0) is 13.4. The largest absolute Gasteiger partial charge is 0.397 e. The second kappa shape index (κ2) is 7.50. The lowest BCUT2D eigenvalue weighted by Gasteiger charge is -2.09. The minimum absolute atomic E-state index is 0.00401. The number of ether oxygens (including phenoxy) is 1. The maximum atomic E-state index is 10.5. The van der Waals surface area contributed by atoms with Crippen LogP contribution >= 0.6 is 0 Å². The number of nitrogens with one attached hydrogen (secondary N) is 1. The Morgan fingerprint density at radius 1 is 1.44 bits per heavy atom. The standard InChI is InChI=1S/C12H19N3O3/c1-2-7-18-8-3-6-14-12-5-4-10(15(16)17)9-11(12)13/h4-5,9,14H,2-3,6-8,13H2,1H3. The van der Waals surface area contributed by atoms with Gasteiger partial charge in [0, 0.05) is 31.9 Å². The number of nitro groups is 1. The minimum Gasteiger partial charge on any atom is -0.397 e. The molecule has 6 heteroatoms. The highest BCUT2D eigenvalue weighted by molar-refractivity contribution is 5.69. The van der Waals surface area contributed by atoms with Gasteiger partial charge in [0.2, 0.25) is 0 Å². The van der Waals surface area contributed by atoms with Crippen molar-refractivity contribution in [2.24, 2.45) is 0 Å². The molecule has 0 unspecified atom stereocenters. The van der Waals surface area contributed by atoms with Gasteiger partial charge in [0.1, 0.15) is 0 Å². The van der Waals surface area contributed by atoms with Crippen LogP contribution in [0, 0.1) is 10.1 Å². The van der Waals surface area contributed by atoms with Gasteiger partial charge in [0.15, 0.2) is 0 Å². The summed E-state index contributed by atoms with van der Waals surface area (Å²) in [7, 11) is 0. The van der Waals surface area contributed by atoms with Gasteiger partial charge in [-0.3, -0.25) is 10.1 Å². The van der Waals surface area contributed by atoms with E-state index in [1.54, 1.807) is 6.07 Å². The lowest BCUT2D eigenvalue weighted by atomic mass is 10.2. The highest BCUT2D eigenvalue weighted by Gasteiger charge is 2.07. The summed E-state index contributed by atoms with van der Waals surface area (Å²) in [4.78, 5) is 10.1. The Morgan fingerprint density at radius 2 is 2.22 bits per heavy atom. The SMILES string of the molecule is CCCOCCCNc1ccc([N+](=O)[O-])cc1N. The molecule has 0 aliphatic rings. The predicted molar refractivity (Wildman–Crippen MR) is 71.7 cm³/mol.